The summed E-state index contributed by atoms with van der Waals surface area (Å²) in [6, 6.07) is 44.3. The van der Waals surface area contributed by atoms with Crippen LogP contribution in [0.3, 0.4) is 0 Å². The number of allylic oxidation sites excluding steroid dienone is 10. The van der Waals surface area contributed by atoms with E-state index in [1.165, 1.54) is 377 Å². The Kier molecular flexibility index (Phi) is 52.7. The fourth-order valence-electron chi connectivity index (χ4n) is 16.3. The normalized spacial score (nSPS) is 17.3. The molecule has 0 bridgehead atoms. The summed E-state index contributed by atoms with van der Waals surface area (Å²) in [5, 5.41) is 0. The van der Waals surface area contributed by atoms with Crippen LogP contribution in [0.4, 0.5) is 0 Å². The minimum Gasteiger partial charge on any atom is -0.0726 e. The van der Waals surface area contributed by atoms with Crippen molar-refractivity contribution < 1.29 is 0 Å². The van der Waals surface area contributed by atoms with Gasteiger partial charge in [-0.25, -0.2) is 0 Å². The summed E-state index contributed by atoms with van der Waals surface area (Å²) in [7, 11) is 0. The lowest BCUT2D eigenvalue weighted by atomic mass is 9.86. The quantitative estimate of drug-likeness (QED) is 0.0280. The van der Waals surface area contributed by atoms with Gasteiger partial charge in [0.2, 0.25) is 0 Å². The number of hydrogen-bond acceptors (Lipinski definition) is 0. The smallest absolute Gasteiger partial charge is 0.0249 e. The first-order chi connectivity index (χ1) is 56.6. The largest absolute Gasteiger partial charge is 0.0726 e. The van der Waals surface area contributed by atoms with Crippen molar-refractivity contribution >= 4 is 0 Å². The van der Waals surface area contributed by atoms with Gasteiger partial charge in [-0.15, -0.1) is 0 Å². The average Bonchev–Trinajstić information content (AvgIpc) is 0.902. The van der Waals surface area contributed by atoms with Crippen molar-refractivity contribution in [1.82, 2.24) is 0 Å². The zero-order valence-electron chi connectivity index (χ0n) is 75.2. The first-order valence-electron chi connectivity index (χ1n) is 48.1. The van der Waals surface area contributed by atoms with E-state index in [4.69, 9.17) is 0 Å². The third kappa shape index (κ3) is 44.1. The highest BCUT2D eigenvalue weighted by molar-refractivity contribution is 5.47. The second kappa shape index (κ2) is 62.8. The Morgan fingerprint density at radius 3 is 0.626 bits per heavy atom. The van der Waals surface area contributed by atoms with E-state index in [0.29, 0.717) is 0 Å². The van der Waals surface area contributed by atoms with E-state index < -0.39 is 0 Å². The van der Waals surface area contributed by atoms with Crippen LogP contribution in [0.5, 0.6) is 0 Å². The van der Waals surface area contributed by atoms with E-state index in [1.54, 1.807) is 0 Å². The van der Waals surface area contributed by atoms with Crippen molar-refractivity contribution in [3.05, 3.63) is 235 Å². The van der Waals surface area contributed by atoms with Crippen molar-refractivity contribution in [2.24, 2.45) is 29.6 Å². The summed E-state index contributed by atoms with van der Waals surface area (Å²) in [5.74, 6) is 38.2. The highest BCUT2D eigenvalue weighted by Crippen LogP contribution is 2.32. The molecule has 0 spiro atoms. The molecule has 0 amide bonds. The van der Waals surface area contributed by atoms with Crippen LogP contribution in [0, 0.1) is 88.8 Å². The molecule has 5 aromatic carbocycles. The Balaban J connectivity index is 0.000000224. The third-order valence-electron chi connectivity index (χ3n) is 24.5. The molecule has 5 unspecified atom stereocenters. The Morgan fingerprint density at radius 2 is 0.409 bits per heavy atom. The lowest BCUT2D eigenvalue weighted by Gasteiger charge is -2.19. The highest BCUT2D eigenvalue weighted by Gasteiger charge is 2.17. The van der Waals surface area contributed by atoms with E-state index in [-0.39, 0.29) is 0 Å². The maximum atomic E-state index is 3.42. The molecule has 0 fully saturated rings. The van der Waals surface area contributed by atoms with E-state index in [9.17, 15) is 0 Å². The molecule has 5 atom stereocenters. The van der Waals surface area contributed by atoms with Gasteiger partial charge in [0.25, 0.3) is 0 Å². The van der Waals surface area contributed by atoms with Gasteiger partial charge < -0.3 is 0 Å². The van der Waals surface area contributed by atoms with Gasteiger partial charge in [-0.05, 0) is 306 Å². The summed E-state index contributed by atoms with van der Waals surface area (Å²) in [6.07, 6.45) is 76.8. The van der Waals surface area contributed by atoms with Gasteiger partial charge in [0.1, 0.15) is 0 Å². The lowest BCUT2D eigenvalue weighted by molar-refractivity contribution is 0.417. The Morgan fingerprint density at radius 1 is 0.200 bits per heavy atom. The minimum atomic E-state index is 0.887. The minimum absolute atomic E-state index is 0.887. The number of benzene rings is 5. The molecule has 0 radical (unpaired) electrons. The van der Waals surface area contributed by atoms with Gasteiger partial charge in [-0.1, -0.05) is 380 Å². The van der Waals surface area contributed by atoms with Gasteiger partial charge in [0, 0.05) is 27.8 Å². The molecule has 0 heteroatoms. The van der Waals surface area contributed by atoms with Gasteiger partial charge in [0.05, 0.1) is 0 Å². The molecule has 0 aliphatic heterocycles. The van der Waals surface area contributed by atoms with Crippen LogP contribution in [0.25, 0.3) is 0 Å². The first kappa shape index (κ1) is 96.4. The van der Waals surface area contributed by atoms with E-state index in [2.05, 4.69) is 280 Å². The predicted octanol–water partition coefficient (Wildman–Crippen LogP) is 33.4. The van der Waals surface area contributed by atoms with Crippen molar-refractivity contribution in [3.63, 3.8) is 0 Å². The van der Waals surface area contributed by atoms with E-state index in [1.807, 2.05) is 0 Å². The molecule has 5 aromatic rings. The van der Waals surface area contributed by atoms with Crippen LogP contribution < -0.4 is 0 Å². The molecule has 0 saturated heterocycles. The number of aryl methyl sites for hydroxylation is 5. The topological polar surface area (TPSA) is 0 Å². The van der Waals surface area contributed by atoms with E-state index >= 15 is 0 Å². The summed E-state index contributed by atoms with van der Waals surface area (Å²) in [5.41, 5.74) is 19.7. The number of rotatable bonds is 35. The molecule has 0 nitrogen and oxygen atoms in total. The molecule has 5 aliphatic rings. The van der Waals surface area contributed by atoms with Crippen LogP contribution in [0.15, 0.2) is 180 Å². The molecular formula is C115H160. The number of unbranched alkanes of at least 4 members (excludes halogenated alkanes) is 16. The standard InChI is InChI=1S/C25H36.C24H34.C23H32.C22H30.C21H28/c1-3-5-7-9-11-23-14-18-25(19-15-23)21-20-24-16-12-22(13-17-24)10-8-6-4-2;1-3-5-7-9-21-11-15-23(16-12-21)19-20-24-17-13-22(14-18-24)10-8-6-4-2;1-3-5-7-9-21-12-16-23(17-13-21)19-18-22-14-10-20(11-15-22)8-6-4-2;1-3-5-6-8-20-11-15-22(16-12-20)18-17-21-13-9-19(7-4-2)10-14-21;1-3-5-6-7-19-12-14-21(15-13-19)17-16-20-10-8-18(4-2)9-11-20/h12-13,16-18,23H,3-11,14-15,19H2,1-2H3;11-12,15-17,22H,3-10,13-14,18H2,1-2H3;12-14,16-17,20H,3-11,15H2,1-2H3;11-13,15-16,19H,3-10,14H2,1-2H3;10,12-15,18H,3-9,11H2,1-2H3. The maximum absolute atomic E-state index is 3.42. The monoisotopic (exact) mass is 1540 g/mol. The lowest BCUT2D eigenvalue weighted by Crippen LogP contribution is -2.05. The molecule has 5 aliphatic carbocycles. The molecule has 115 heavy (non-hydrogen) atoms. The zero-order valence-corrected chi connectivity index (χ0v) is 75.2. The maximum Gasteiger partial charge on any atom is 0.0249 e. The van der Waals surface area contributed by atoms with Gasteiger partial charge in [-0.3, -0.25) is 0 Å². The van der Waals surface area contributed by atoms with E-state index in [0.717, 1.165) is 57.4 Å². The second-order valence-corrected chi connectivity index (χ2v) is 34.6. The molecular weight excluding hydrogens is 1380 g/mol. The van der Waals surface area contributed by atoms with Crippen molar-refractivity contribution in [1.29, 1.82) is 0 Å². The van der Waals surface area contributed by atoms with Crippen molar-refractivity contribution in [3.8, 4) is 59.2 Å². The van der Waals surface area contributed by atoms with Crippen molar-refractivity contribution in [2.45, 2.75) is 390 Å². The van der Waals surface area contributed by atoms with Crippen molar-refractivity contribution in [2.75, 3.05) is 0 Å². The Hall–Kier alpha value is -7.40. The molecule has 10 rings (SSSR count). The van der Waals surface area contributed by atoms with Crippen LogP contribution in [0.1, 0.15) is 414 Å². The second-order valence-electron chi connectivity index (χ2n) is 34.6. The zero-order chi connectivity index (χ0) is 81.7. The van der Waals surface area contributed by atoms with Crippen LogP contribution >= 0.6 is 0 Å². The van der Waals surface area contributed by atoms with Gasteiger partial charge in [0.15, 0.2) is 0 Å². The summed E-state index contributed by atoms with van der Waals surface area (Å²) < 4.78 is 0. The van der Waals surface area contributed by atoms with Gasteiger partial charge >= 0.3 is 0 Å². The predicted molar refractivity (Wildman–Crippen MR) is 507 cm³/mol. The fourth-order valence-corrected chi connectivity index (χ4v) is 16.3. The first-order valence-corrected chi connectivity index (χ1v) is 48.1. The van der Waals surface area contributed by atoms with Gasteiger partial charge in [-0.2, -0.15) is 0 Å². The van der Waals surface area contributed by atoms with Crippen LogP contribution in [-0.4, -0.2) is 0 Å². The summed E-state index contributed by atoms with van der Waals surface area (Å²) >= 11 is 0. The molecule has 620 valence electrons. The average molecular weight is 1540 g/mol. The van der Waals surface area contributed by atoms with Crippen LogP contribution in [-0.2, 0) is 32.1 Å². The molecule has 0 heterocycles. The Bertz CT molecular complexity index is 3880. The summed E-state index contributed by atoms with van der Waals surface area (Å²) in [6.45, 7) is 22.7. The molecule has 0 N–H and O–H groups in total. The molecule has 0 aromatic heterocycles. The molecule has 0 saturated carbocycles. The third-order valence-corrected chi connectivity index (χ3v) is 24.5. The summed E-state index contributed by atoms with van der Waals surface area (Å²) in [4.78, 5) is 0. The van der Waals surface area contributed by atoms with Crippen LogP contribution in [0.2, 0.25) is 0 Å². The number of hydrogen-bond donors (Lipinski definition) is 0. The SMILES string of the molecule is CCCCCCC1CC=C(C#Cc2ccc(CCCCC)cc2)CC1.CCCCCc1ccc(C#CC2=CCC(CC)CC2)cc1.CCCCCc1ccc(C#CC2=CCC(CCC)CC2)cc1.CCCCCc1ccc(C#CC2=CCC(CCCC)CC2)cc1.CCCCCc1ccc(C#CC2=CCC(CCCCC)CC2)cc1. The fraction of sp³-hybridized carbons (Fsp3) is 0.565. The highest BCUT2D eigenvalue weighted by atomic mass is 14.2. The Labute approximate surface area is 709 Å².